The molecule has 0 fully saturated rings. The molecule has 0 aliphatic rings. The van der Waals surface area contributed by atoms with Crippen molar-refractivity contribution in [3.8, 4) is 5.75 Å². The fourth-order valence-corrected chi connectivity index (χ4v) is 1.66. The smallest absolute Gasteiger partial charge is 0.476 e. The number of benzene rings is 1. The first kappa shape index (κ1) is 19.7. The molecule has 0 aliphatic carbocycles. The quantitative estimate of drug-likeness (QED) is 0.308. The summed E-state index contributed by atoms with van der Waals surface area (Å²) in [4.78, 5) is 54.5. The zero-order chi connectivity index (χ0) is 19.1. The highest BCUT2D eigenvalue weighted by atomic mass is 16.6. The van der Waals surface area contributed by atoms with E-state index in [1.165, 1.54) is 6.92 Å². The minimum atomic E-state index is -1.53. The van der Waals surface area contributed by atoms with Crippen molar-refractivity contribution in [2.24, 2.45) is 0 Å². The molecule has 0 heterocycles. The van der Waals surface area contributed by atoms with Gasteiger partial charge in [-0.25, -0.2) is 9.59 Å². The van der Waals surface area contributed by atoms with Crippen LogP contribution in [0, 0.1) is 10.1 Å². The predicted octanol–water partition coefficient (Wildman–Crippen LogP) is -0.755. The lowest BCUT2D eigenvalue weighted by Gasteiger charge is -2.13. The van der Waals surface area contributed by atoms with Crippen molar-refractivity contribution in [2.75, 3.05) is 6.61 Å². The van der Waals surface area contributed by atoms with Crippen LogP contribution in [0.15, 0.2) is 18.2 Å². The van der Waals surface area contributed by atoms with Crippen LogP contribution in [0.25, 0.3) is 0 Å². The largest absolute Gasteiger partial charge is 0.479 e. The molecule has 134 valence electrons. The Morgan fingerprint density at radius 3 is 2.40 bits per heavy atom. The van der Waals surface area contributed by atoms with Crippen molar-refractivity contribution in [3.63, 3.8) is 0 Å². The molecule has 3 N–H and O–H groups in total. The number of aliphatic hydroxyl groups is 1. The van der Waals surface area contributed by atoms with Gasteiger partial charge in [0, 0.05) is 5.56 Å². The molecule has 2 amide bonds. The molecule has 2 unspecified atom stereocenters. The number of rotatable bonds is 8. The Morgan fingerprint density at radius 1 is 1.32 bits per heavy atom. The Hall–Kier alpha value is -3.34. The minimum Gasteiger partial charge on any atom is -0.479 e. The van der Waals surface area contributed by atoms with Crippen LogP contribution in [0.1, 0.15) is 27.6 Å². The molecular formula is C14H14N2O9. The maximum atomic E-state index is 12.1. The number of nitro groups is 1. The number of nitrogens with one attached hydrogen (secondary N) is 1. The fraction of sp³-hybridized carbons (Fsp3) is 0.286. The third-order valence-corrected chi connectivity index (χ3v) is 2.92. The Kier molecular flexibility index (Phi) is 6.70. The van der Waals surface area contributed by atoms with E-state index in [0.29, 0.717) is 0 Å². The van der Waals surface area contributed by atoms with Gasteiger partial charge in [-0.15, -0.1) is 0 Å². The summed E-state index contributed by atoms with van der Waals surface area (Å²) in [6, 6.07) is 1.64. The van der Waals surface area contributed by atoms with E-state index in [0.717, 1.165) is 18.2 Å². The SMILES string of the molecule is CC(Oc1cc(C(=O)NC(C=O)CO)cc(C(=O)[N+](=O)[O-])c1)C(=O)O. The molecule has 1 aromatic carbocycles. The predicted molar refractivity (Wildman–Crippen MR) is 79.9 cm³/mol. The molecule has 0 spiro atoms. The van der Waals surface area contributed by atoms with Crippen molar-refractivity contribution in [1.82, 2.24) is 5.32 Å². The van der Waals surface area contributed by atoms with Gasteiger partial charge in [0.2, 0.25) is 0 Å². The molecule has 1 rings (SSSR count). The lowest BCUT2D eigenvalue weighted by atomic mass is 10.1. The van der Waals surface area contributed by atoms with Crippen molar-refractivity contribution in [2.45, 2.75) is 19.1 Å². The molecule has 1 aromatic rings. The van der Waals surface area contributed by atoms with Gasteiger partial charge in [0.15, 0.2) is 6.10 Å². The Morgan fingerprint density at radius 2 is 1.92 bits per heavy atom. The highest BCUT2D eigenvalue weighted by Gasteiger charge is 2.24. The summed E-state index contributed by atoms with van der Waals surface area (Å²) >= 11 is 0. The summed E-state index contributed by atoms with van der Waals surface area (Å²) in [7, 11) is 0. The molecule has 0 aromatic heterocycles. The summed E-state index contributed by atoms with van der Waals surface area (Å²) in [6.07, 6.45) is -1.08. The highest BCUT2D eigenvalue weighted by Crippen LogP contribution is 2.20. The number of carbonyl (C=O) groups is 4. The Balaban J connectivity index is 3.26. The van der Waals surface area contributed by atoms with E-state index >= 15 is 0 Å². The van der Waals surface area contributed by atoms with Gasteiger partial charge in [-0.1, -0.05) is 0 Å². The molecule has 0 bridgehead atoms. The van der Waals surface area contributed by atoms with Gasteiger partial charge < -0.3 is 25.1 Å². The summed E-state index contributed by atoms with van der Waals surface area (Å²) in [5.74, 6) is -4.05. The first-order valence-electron chi connectivity index (χ1n) is 6.79. The topological polar surface area (TPSA) is 173 Å². The van der Waals surface area contributed by atoms with E-state index in [4.69, 9.17) is 14.9 Å². The summed E-state index contributed by atoms with van der Waals surface area (Å²) in [6.45, 7) is 0.500. The lowest BCUT2D eigenvalue weighted by Crippen LogP contribution is -2.38. The summed E-state index contributed by atoms with van der Waals surface area (Å²) in [5.41, 5.74) is -0.808. The number of carboxylic acids is 1. The van der Waals surface area contributed by atoms with Crippen LogP contribution in [0.5, 0.6) is 5.75 Å². The monoisotopic (exact) mass is 354 g/mol. The van der Waals surface area contributed by atoms with Gasteiger partial charge in [-0.3, -0.25) is 14.9 Å². The van der Waals surface area contributed by atoms with E-state index in [-0.39, 0.29) is 17.6 Å². The average Bonchev–Trinajstić information content (AvgIpc) is 2.58. The number of aliphatic carboxylic acids is 1. The lowest BCUT2D eigenvalue weighted by molar-refractivity contribution is -0.375. The third-order valence-electron chi connectivity index (χ3n) is 2.92. The number of aldehydes is 1. The Labute approximate surface area is 140 Å². The molecule has 0 saturated carbocycles. The first-order chi connectivity index (χ1) is 11.7. The number of carbonyl (C=O) groups excluding carboxylic acids is 3. The standard InChI is InChI=1S/C14H14N2O9/c1-7(14(21)22)25-11-3-8(12(19)15-10(5-17)6-18)2-9(4-11)13(20)16(23)24/h2-5,7,10,18H,6H2,1H3,(H,15,19)(H,21,22). The zero-order valence-corrected chi connectivity index (χ0v) is 12.9. The Bertz CT molecular complexity index is 716. The zero-order valence-electron chi connectivity index (χ0n) is 12.9. The highest BCUT2D eigenvalue weighted by molar-refractivity contribution is 5.99. The average molecular weight is 354 g/mol. The van der Waals surface area contributed by atoms with Crippen LogP contribution in [-0.2, 0) is 9.59 Å². The number of ether oxygens (including phenoxy) is 1. The molecule has 0 saturated heterocycles. The normalized spacial score (nSPS) is 12.6. The molecule has 11 nitrogen and oxygen atoms in total. The van der Waals surface area contributed by atoms with E-state index in [9.17, 15) is 29.3 Å². The number of hydrogen-bond acceptors (Lipinski definition) is 8. The van der Waals surface area contributed by atoms with E-state index in [2.05, 4.69) is 5.32 Å². The van der Waals surface area contributed by atoms with Gasteiger partial charge in [0.25, 0.3) is 5.91 Å². The van der Waals surface area contributed by atoms with E-state index < -0.39 is 47.0 Å². The van der Waals surface area contributed by atoms with Gasteiger partial charge in [-0.05, 0) is 25.1 Å². The number of amides is 2. The molecule has 2 atom stereocenters. The molecule has 0 radical (unpaired) electrons. The van der Waals surface area contributed by atoms with Crippen molar-refractivity contribution in [3.05, 3.63) is 39.4 Å². The van der Waals surface area contributed by atoms with Gasteiger partial charge in [0.1, 0.15) is 28.6 Å². The third kappa shape index (κ3) is 5.35. The van der Waals surface area contributed by atoms with Crippen molar-refractivity contribution in [1.29, 1.82) is 0 Å². The number of nitrogens with zero attached hydrogens (tertiary/aromatic N) is 1. The van der Waals surface area contributed by atoms with Crippen LogP contribution in [0.3, 0.4) is 0 Å². The van der Waals surface area contributed by atoms with Crippen LogP contribution in [0.2, 0.25) is 0 Å². The number of aliphatic hydroxyl groups excluding tert-OH is 1. The van der Waals surface area contributed by atoms with Crippen LogP contribution < -0.4 is 10.1 Å². The van der Waals surface area contributed by atoms with E-state index in [1.54, 1.807) is 0 Å². The van der Waals surface area contributed by atoms with Gasteiger partial charge >= 0.3 is 11.9 Å². The summed E-state index contributed by atoms with van der Waals surface area (Å²) in [5, 5.41) is 30.5. The molecule has 25 heavy (non-hydrogen) atoms. The molecule has 0 aliphatic heterocycles. The first-order valence-corrected chi connectivity index (χ1v) is 6.79. The van der Waals surface area contributed by atoms with Crippen molar-refractivity contribution < 1.29 is 39.1 Å². The van der Waals surface area contributed by atoms with Crippen LogP contribution in [0.4, 0.5) is 0 Å². The molecule has 11 heteroatoms. The fourth-order valence-electron chi connectivity index (χ4n) is 1.66. The van der Waals surface area contributed by atoms with E-state index in [1.807, 2.05) is 0 Å². The molecular weight excluding hydrogens is 340 g/mol. The maximum absolute atomic E-state index is 12.1. The minimum absolute atomic E-state index is 0.264. The van der Waals surface area contributed by atoms with Gasteiger partial charge in [-0.2, -0.15) is 0 Å². The number of hydrogen-bond donors (Lipinski definition) is 3. The van der Waals surface area contributed by atoms with Gasteiger partial charge in [0.05, 0.1) is 6.61 Å². The maximum Gasteiger partial charge on any atom is 0.476 e. The number of carboxylic acid groups (broad SMARTS) is 1. The second-order valence-corrected chi connectivity index (χ2v) is 4.81. The van der Waals surface area contributed by atoms with Crippen molar-refractivity contribution >= 4 is 24.1 Å². The van der Waals surface area contributed by atoms with Crippen LogP contribution in [-0.4, -0.2) is 58.0 Å². The summed E-state index contributed by atoms with van der Waals surface area (Å²) < 4.78 is 5.02. The second kappa shape index (κ2) is 8.49. The second-order valence-electron chi connectivity index (χ2n) is 4.81. The van der Waals surface area contributed by atoms with Crippen LogP contribution >= 0.6 is 0 Å².